The highest BCUT2D eigenvalue weighted by Crippen LogP contribution is 2.07. The number of morpholine rings is 1. The first kappa shape index (κ1) is 21.0. The zero-order valence-electron chi connectivity index (χ0n) is 16.8. The van der Waals surface area contributed by atoms with Crippen LogP contribution in [0.15, 0.2) is 60.7 Å². The van der Waals surface area contributed by atoms with Gasteiger partial charge in [0.2, 0.25) is 5.91 Å². The molecular formula is C23H29N3O3. The lowest BCUT2D eigenvalue weighted by atomic mass is 10.0. The van der Waals surface area contributed by atoms with Gasteiger partial charge < -0.3 is 15.4 Å². The van der Waals surface area contributed by atoms with Crippen molar-refractivity contribution in [3.63, 3.8) is 0 Å². The minimum absolute atomic E-state index is 0.168. The quantitative estimate of drug-likeness (QED) is 0.716. The lowest BCUT2D eigenvalue weighted by Crippen LogP contribution is -2.52. The van der Waals surface area contributed by atoms with E-state index in [4.69, 9.17) is 4.74 Å². The molecule has 2 amide bonds. The Labute approximate surface area is 172 Å². The van der Waals surface area contributed by atoms with Gasteiger partial charge in [0.1, 0.15) is 6.04 Å². The van der Waals surface area contributed by atoms with Crippen molar-refractivity contribution >= 4 is 11.8 Å². The molecule has 1 heterocycles. The molecule has 2 aromatic carbocycles. The average molecular weight is 396 g/mol. The second-order valence-electron chi connectivity index (χ2n) is 7.32. The number of carbonyl (C=O) groups is 2. The molecule has 6 nitrogen and oxygen atoms in total. The molecule has 2 N–H and O–H groups in total. The van der Waals surface area contributed by atoms with E-state index in [9.17, 15) is 9.59 Å². The third kappa shape index (κ3) is 6.41. The van der Waals surface area contributed by atoms with E-state index in [-0.39, 0.29) is 17.9 Å². The Morgan fingerprint density at radius 2 is 1.62 bits per heavy atom. The molecule has 1 saturated heterocycles. The summed E-state index contributed by atoms with van der Waals surface area (Å²) in [5, 5.41) is 5.92. The first-order valence-corrected chi connectivity index (χ1v) is 10.1. The maximum atomic E-state index is 12.9. The van der Waals surface area contributed by atoms with Crippen molar-refractivity contribution in [1.29, 1.82) is 0 Å². The second kappa shape index (κ2) is 10.7. The molecule has 0 saturated carbocycles. The number of ether oxygens (including phenoxy) is 1. The SMILES string of the molecule is CC(CNC(=O)C(Cc1ccccc1)NC(=O)c1ccccc1)N1CCOCC1. The van der Waals surface area contributed by atoms with Crippen LogP contribution in [0, 0.1) is 0 Å². The standard InChI is InChI=1S/C23H29N3O3/c1-18(26-12-14-29-15-13-26)17-24-23(28)21(16-19-8-4-2-5-9-19)25-22(27)20-10-6-3-7-11-20/h2-11,18,21H,12-17H2,1H3,(H,24,28)(H,25,27). The Kier molecular flexibility index (Phi) is 7.78. The molecule has 0 aliphatic carbocycles. The molecule has 1 fully saturated rings. The van der Waals surface area contributed by atoms with Gasteiger partial charge in [0.05, 0.1) is 13.2 Å². The van der Waals surface area contributed by atoms with E-state index in [1.807, 2.05) is 48.5 Å². The minimum atomic E-state index is -0.637. The molecule has 29 heavy (non-hydrogen) atoms. The highest BCUT2D eigenvalue weighted by molar-refractivity contribution is 5.97. The molecule has 2 atom stereocenters. The monoisotopic (exact) mass is 395 g/mol. The van der Waals surface area contributed by atoms with Crippen LogP contribution in [0.4, 0.5) is 0 Å². The first-order chi connectivity index (χ1) is 14.1. The van der Waals surface area contributed by atoms with Crippen molar-refractivity contribution in [3.05, 3.63) is 71.8 Å². The van der Waals surface area contributed by atoms with Gasteiger partial charge in [-0.1, -0.05) is 48.5 Å². The van der Waals surface area contributed by atoms with Gasteiger partial charge in [0.25, 0.3) is 5.91 Å². The molecule has 154 valence electrons. The largest absolute Gasteiger partial charge is 0.379 e. The molecule has 1 aliphatic rings. The molecule has 6 heteroatoms. The fourth-order valence-corrected chi connectivity index (χ4v) is 3.41. The average Bonchev–Trinajstić information content (AvgIpc) is 2.78. The van der Waals surface area contributed by atoms with Gasteiger partial charge in [-0.3, -0.25) is 14.5 Å². The van der Waals surface area contributed by atoms with Crippen molar-refractivity contribution in [3.8, 4) is 0 Å². The van der Waals surface area contributed by atoms with E-state index in [0.717, 1.165) is 31.9 Å². The summed E-state index contributed by atoms with van der Waals surface area (Å²) in [4.78, 5) is 27.9. The first-order valence-electron chi connectivity index (χ1n) is 10.1. The Bertz CT molecular complexity index is 776. The Hall–Kier alpha value is -2.70. The summed E-state index contributed by atoms with van der Waals surface area (Å²) in [5.74, 6) is -0.416. The third-order valence-corrected chi connectivity index (χ3v) is 5.18. The topological polar surface area (TPSA) is 70.7 Å². The fourth-order valence-electron chi connectivity index (χ4n) is 3.41. The van der Waals surface area contributed by atoms with Gasteiger partial charge in [-0.05, 0) is 24.6 Å². The molecule has 0 radical (unpaired) electrons. The Morgan fingerprint density at radius 1 is 1.00 bits per heavy atom. The van der Waals surface area contributed by atoms with Gasteiger partial charge in [0.15, 0.2) is 0 Å². The summed E-state index contributed by atoms with van der Waals surface area (Å²) in [5.41, 5.74) is 1.54. The second-order valence-corrected chi connectivity index (χ2v) is 7.32. The number of benzene rings is 2. The van der Waals surface area contributed by atoms with Crippen LogP contribution in [-0.4, -0.2) is 61.6 Å². The summed E-state index contributed by atoms with van der Waals surface area (Å²) in [6.45, 7) is 5.82. The van der Waals surface area contributed by atoms with Crippen LogP contribution in [-0.2, 0) is 16.0 Å². The number of rotatable bonds is 8. The van der Waals surface area contributed by atoms with Gasteiger partial charge in [-0.2, -0.15) is 0 Å². The maximum absolute atomic E-state index is 12.9. The number of carbonyl (C=O) groups excluding carboxylic acids is 2. The normalized spacial score (nSPS) is 16.6. The van der Waals surface area contributed by atoms with E-state index in [1.165, 1.54) is 0 Å². The zero-order chi connectivity index (χ0) is 20.5. The number of amides is 2. The fraction of sp³-hybridized carbons (Fsp3) is 0.391. The molecule has 0 aromatic heterocycles. The Morgan fingerprint density at radius 3 is 2.28 bits per heavy atom. The summed E-state index contributed by atoms with van der Waals surface area (Å²) in [6, 6.07) is 18.3. The molecule has 0 spiro atoms. The van der Waals surface area contributed by atoms with E-state index < -0.39 is 6.04 Å². The predicted molar refractivity (Wildman–Crippen MR) is 113 cm³/mol. The van der Waals surface area contributed by atoms with Crippen LogP contribution < -0.4 is 10.6 Å². The molecule has 2 unspecified atom stereocenters. The van der Waals surface area contributed by atoms with Crippen LogP contribution in [0.2, 0.25) is 0 Å². The third-order valence-electron chi connectivity index (χ3n) is 5.18. The van der Waals surface area contributed by atoms with Crippen molar-refractivity contribution < 1.29 is 14.3 Å². The summed E-state index contributed by atoms with van der Waals surface area (Å²) >= 11 is 0. The molecule has 1 aliphatic heterocycles. The minimum Gasteiger partial charge on any atom is -0.379 e. The van der Waals surface area contributed by atoms with Crippen molar-refractivity contribution in [2.75, 3.05) is 32.8 Å². The smallest absolute Gasteiger partial charge is 0.251 e. The molecular weight excluding hydrogens is 366 g/mol. The molecule has 2 aromatic rings. The van der Waals surface area contributed by atoms with Crippen molar-refractivity contribution in [2.45, 2.75) is 25.4 Å². The Balaban J connectivity index is 1.63. The molecule has 3 rings (SSSR count). The lowest BCUT2D eigenvalue weighted by Gasteiger charge is -2.32. The van der Waals surface area contributed by atoms with Crippen LogP contribution in [0.1, 0.15) is 22.8 Å². The zero-order valence-corrected chi connectivity index (χ0v) is 16.8. The summed E-state index contributed by atoms with van der Waals surface area (Å²) in [6.07, 6.45) is 0.442. The highest BCUT2D eigenvalue weighted by Gasteiger charge is 2.23. The predicted octanol–water partition coefficient (Wildman–Crippen LogP) is 1.86. The summed E-state index contributed by atoms with van der Waals surface area (Å²) < 4.78 is 5.39. The van der Waals surface area contributed by atoms with Crippen molar-refractivity contribution in [2.24, 2.45) is 0 Å². The summed E-state index contributed by atoms with van der Waals surface area (Å²) in [7, 11) is 0. The molecule has 0 bridgehead atoms. The van der Waals surface area contributed by atoms with E-state index in [0.29, 0.717) is 18.5 Å². The maximum Gasteiger partial charge on any atom is 0.251 e. The van der Waals surface area contributed by atoms with E-state index in [2.05, 4.69) is 22.5 Å². The van der Waals surface area contributed by atoms with E-state index >= 15 is 0 Å². The number of nitrogens with one attached hydrogen (secondary N) is 2. The van der Waals surface area contributed by atoms with Gasteiger partial charge in [-0.15, -0.1) is 0 Å². The number of nitrogens with zero attached hydrogens (tertiary/aromatic N) is 1. The highest BCUT2D eigenvalue weighted by atomic mass is 16.5. The van der Waals surface area contributed by atoms with Crippen molar-refractivity contribution in [1.82, 2.24) is 15.5 Å². The van der Waals surface area contributed by atoms with Crippen LogP contribution >= 0.6 is 0 Å². The number of hydrogen-bond acceptors (Lipinski definition) is 4. The van der Waals surface area contributed by atoms with Gasteiger partial charge in [0, 0.05) is 37.7 Å². The van der Waals surface area contributed by atoms with Gasteiger partial charge >= 0.3 is 0 Å². The van der Waals surface area contributed by atoms with Crippen LogP contribution in [0.5, 0.6) is 0 Å². The van der Waals surface area contributed by atoms with Crippen LogP contribution in [0.3, 0.4) is 0 Å². The van der Waals surface area contributed by atoms with Crippen LogP contribution in [0.25, 0.3) is 0 Å². The number of hydrogen-bond donors (Lipinski definition) is 2. The lowest BCUT2D eigenvalue weighted by molar-refractivity contribution is -0.123. The van der Waals surface area contributed by atoms with E-state index in [1.54, 1.807) is 12.1 Å². The van der Waals surface area contributed by atoms with Gasteiger partial charge in [-0.25, -0.2) is 0 Å².